The summed E-state index contributed by atoms with van der Waals surface area (Å²) in [5, 5.41) is 9.99. The second-order valence-electron chi connectivity index (χ2n) is 14.7. The van der Waals surface area contributed by atoms with Gasteiger partial charge in [0.05, 0.1) is 11.6 Å². The summed E-state index contributed by atoms with van der Waals surface area (Å²) in [7, 11) is 0. The maximum absolute atomic E-state index is 9.99. The topological polar surface area (TPSA) is 101 Å². The first kappa shape index (κ1) is 37.5. The van der Waals surface area contributed by atoms with E-state index in [-0.39, 0.29) is 0 Å². The Balaban J connectivity index is 1.00. The summed E-state index contributed by atoms with van der Waals surface area (Å²) in [4.78, 5) is 29.5. The molecular weight excluding hydrogens is 759 g/mol. The number of hydrogen-bond acceptors (Lipinski definition) is 7. The van der Waals surface area contributed by atoms with Gasteiger partial charge in [-0.1, -0.05) is 188 Å². The van der Waals surface area contributed by atoms with Crippen molar-refractivity contribution < 1.29 is 0 Å². The molecule has 0 spiro atoms. The largest absolute Gasteiger partial charge is 0.208 e. The van der Waals surface area contributed by atoms with Crippen molar-refractivity contribution in [3.63, 3.8) is 0 Å². The molecule has 0 saturated heterocycles. The monoisotopic (exact) mass is 793 g/mol. The lowest BCUT2D eigenvalue weighted by molar-refractivity contribution is 1.07. The molecule has 2 heterocycles. The molecule has 8 aromatic carbocycles. The standard InChI is InChI=1S/C55H35N7/c56-36-37-27-32-48(49(33-37)38-28-30-43(31-29-38)54-59-50(39-15-5-1-6-16-39)57-51(60-54)40-17-7-2-8-18-40)46-25-13-23-44(34-46)45-24-14-26-47(35-45)55-61-52(41-19-9-3-10-20-41)58-53(62-55)42-21-11-4-12-22-42/h1-35H. The Morgan fingerprint density at radius 2 is 0.565 bits per heavy atom. The van der Waals surface area contributed by atoms with E-state index in [1.54, 1.807) is 0 Å². The molecule has 62 heavy (non-hydrogen) atoms. The third-order valence-electron chi connectivity index (χ3n) is 10.6. The second kappa shape index (κ2) is 16.9. The quantitative estimate of drug-likeness (QED) is 0.143. The minimum Gasteiger partial charge on any atom is -0.208 e. The maximum atomic E-state index is 9.99. The van der Waals surface area contributed by atoms with E-state index in [9.17, 15) is 5.26 Å². The molecule has 2 aromatic heterocycles. The highest BCUT2D eigenvalue weighted by molar-refractivity contribution is 5.87. The number of hydrogen-bond donors (Lipinski definition) is 0. The number of nitriles is 1. The second-order valence-corrected chi connectivity index (χ2v) is 14.7. The predicted octanol–water partition coefficient (Wildman–Crippen LogP) is 12.9. The summed E-state index contributed by atoms with van der Waals surface area (Å²) >= 11 is 0. The van der Waals surface area contributed by atoms with Gasteiger partial charge in [0.15, 0.2) is 34.9 Å². The van der Waals surface area contributed by atoms with Gasteiger partial charge in [0, 0.05) is 33.4 Å². The molecule has 7 nitrogen and oxygen atoms in total. The normalized spacial score (nSPS) is 10.9. The summed E-state index contributed by atoms with van der Waals surface area (Å²) in [5.41, 5.74) is 12.0. The smallest absolute Gasteiger partial charge is 0.164 e. The van der Waals surface area contributed by atoms with E-state index in [0.717, 1.165) is 66.8 Å². The van der Waals surface area contributed by atoms with Crippen LogP contribution in [0.2, 0.25) is 0 Å². The molecule has 7 heteroatoms. The fourth-order valence-corrected chi connectivity index (χ4v) is 7.48. The highest BCUT2D eigenvalue weighted by atomic mass is 15.0. The summed E-state index contributed by atoms with van der Waals surface area (Å²) < 4.78 is 0. The molecule has 0 saturated carbocycles. The lowest BCUT2D eigenvalue weighted by Gasteiger charge is -2.14. The Bertz CT molecular complexity index is 3110. The van der Waals surface area contributed by atoms with Crippen LogP contribution in [0.5, 0.6) is 0 Å². The Morgan fingerprint density at radius 1 is 0.242 bits per heavy atom. The average molecular weight is 794 g/mol. The lowest BCUT2D eigenvalue weighted by atomic mass is 9.91. The highest BCUT2D eigenvalue weighted by Crippen LogP contribution is 2.37. The molecule has 0 unspecified atom stereocenters. The van der Waals surface area contributed by atoms with Crippen LogP contribution in [0.1, 0.15) is 5.56 Å². The van der Waals surface area contributed by atoms with Crippen LogP contribution in [0.3, 0.4) is 0 Å². The molecule has 0 atom stereocenters. The predicted molar refractivity (Wildman–Crippen MR) is 247 cm³/mol. The lowest BCUT2D eigenvalue weighted by Crippen LogP contribution is -2.00. The molecule has 0 aliphatic carbocycles. The Hall–Kier alpha value is -8.73. The molecule has 290 valence electrons. The fraction of sp³-hybridized carbons (Fsp3) is 0. The number of rotatable bonds is 9. The van der Waals surface area contributed by atoms with Crippen LogP contribution >= 0.6 is 0 Å². The first-order valence-electron chi connectivity index (χ1n) is 20.3. The van der Waals surface area contributed by atoms with Crippen LogP contribution < -0.4 is 0 Å². The van der Waals surface area contributed by atoms with Gasteiger partial charge in [-0.3, -0.25) is 0 Å². The summed E-state index contributed by atoms with van der Waals surface area (Å²) in [6, 6.07) is 73.1. The van der Waals surface area contributed by atoms with Crippen LogP contribution in [0.4, 0.5) is 0 Å². The molecule has 0 radical (unpaired) electrons. The number of nitrogens with zero attached hydrogens (tertiary/aromatic N) is 7. The van der Waals surface area contributed by atoms with Crippen LogP contribution in [0.15, 0.2) is 212 Å². The van der Waals surface area contributed by atoms with Gasteiger partial charge < -0.3 is 0 Å². The van der Waals surface area contributed by atoms with Crippen molar-refractivity contribution in [1.82, 2.24) is 29.9 Å². The number of benzene rings is 8. The van der Waals surface area contributed by atoms with Crippen LogP contribution in [0.25, 0.3) is 102 Å². The van der Waals surface area contributed by atoms with Gasteiger partial charge in [-0.05, 0) is 57.6 Å². The zero-order chi connectivity index (χ0) is 41.7. The Kier molecular flexibility index (Phi) is 10.2. The van der Waals surface area contributed by atoms with Crippen molar-refractivity contribution in [3.05, 3.63) is 218 Å². The number of aromatic nitrogens is 6. The van der Waals surface area contributed by atoms with Crippen LogP contribution in [0, 0.1) is 11.3 Å². The van der Waals surface area contributed by atoms with Crippen LogP contribution in [-0.2, 0) is 0 Å². The first-order valence-corrected chi connectivity index (χ1v) is 20.3. The van der Waals surface area contributed by atoms with E-state index in [4.69, 9.17) is 29.9 Å². The first-order chi connectivity index (χ1) is 30.6. The maximum Gasteiger partial charge on any atom is 0.164 e. The fourth-order valence-electron chi connectivity index (χ4n) is 7.48. The van der Waals surface area contributed by atoms with E-state index in [1.807, 2.05) is 164 Å². The van der Waals surface area contributed by atoms with E-state index in [2.05, 4.69) is 54.6 Å². The SMILES string of the molecule is N#Cc1ccc(-c2cccc(-c3cccc(-c4nc(-c5ccccc5)nc(-c5ccccc5)n4)c3)c2)c(-c2ccc(-c3nc(-c4ccccc4)nc(-c4ccccc4)n3)cc2)c1. The van der Waals surface area contributed by atoms with Gasteiger partial charge in [0.25, 0.3) is 0 Å². The van der Waals surface area contributed by atoms with Crippen LogP contribution in [-0.4, -0.2) is 29.9 Å². The molecule has 0 aliphatic heterocycles. The molecule has 10 rings (SSSR count). The Labute approximate surface area is 359 Å². The zero-order valence-electron chi connectivity index (χ0n) is 33.3. The van der Waals surface area contributed by atoms with Gasteiger partial charge in [0.2, 0.25) is 0 Å². The molecule has 10 aromatic rings. The molecule has 0 aliphatic rings. The van der Waals surface area contributed by atoms with Gasteiger partial charge in [-0.2, -0.15) is 5.26 Å². The van der Waals surface area contributed by atoms with E-state index < -0.39 is 0 Å². The van der Waals surface area contributed by atoms with Crippen molar-refractivity contribution in [2.24, 2.45) is 0 Å². The molecule has 0 bridgehead atoms. The molecular formula is C55H35N7. The zero-order valence-corrected chi connectivity index (χ0v) is 33.3. The van der Waals surface area contributed by atoms with Crippen molar-refractivity contribution >= 4 is 0 Å². The molecule has 0 fully saturated rings. The third kappa shape index (κ3) is 7.87. The van der Waals surface area contributed by atoms with Crippen molar-refractivity contribution in [2.45, 2.75) is 0 Å². The summed E-state index contributed by atoms with van der Waals surface area (Å²) in [5.74, 6) is 3.62. The highest BCUT2D eigenvalue weighted by Gasteiger charge is 2.16. The summed E-state index contributed by atoms with van der Waals surface area (Å²) in [6.45, 7) is 0. The van der Waals surface area contributed by atoms with Gasteiger partial charge >= 0.3 is 0 Å². The minimum absolute atomic E-state index is 0.579. The van der Waals surface area contributed by atoms with Crippen molar-refractivity contribution in [1.29, 1.82) is 5.26 Å². The van der Waals surface area contributed by atoms with Crippen molar-refractivity contribution in [3.8, 4) is 108 Å². The van der Waals surface area contributed by atoms with Crippen molar-refractivity contribution in [2.75, 3.05) is 0 Å². The summed E-state index contributed by atoms with van der Waals surface area (Å²) in [6.07, 6.45) is 0. The van der Waals surface area contributed by atoms with E-state index in [0.29, 0.717) is 40.5 Å². The molecule has 0 amide bonds. The Morgan fingerprint density at radius 3 is 0.984 bits per heavy atom. The van der Waals surface area contributed by atoms with Gasteiger partial charge in [0.1, 0.15) is 0 Å². The minimum atomic E-state index is 0.579. The van der Waals surface area contributed by atoms with Gasteiger partial charge in [-0.15, -0.1) is 0 Å². The van der Waals surface area contributed by atoms with E-state index >= 15 is 0 Å². The average Bonchev–Trinajstić information content (AvgIpc) is 3.37. The van der Waals surface area contributed by atoms with E-state index in [1.165, 1.54) is 0 Å². The molecule has 0 N–H and O–H groups in total. The van der Waals surface area contributed by atoms with Gasteiger partial charge in [-0.25, -0.2) is 29.9 Å². The third-order valence-corrected chi connectivity index (χ3v) is 10.6.